The summed E-state index contributed by atoms with van der Waals surface area (Å²) < 4.78 is 0. The largest absolute Gasteiger partial charge is 0.303 e. The standard InChI is InChI=1S/C10H18O/c1-8(2)10(7-11)9-5-3-4-6-9/h7-10H,3-6H2,1-2H3. The Morgan fingerprint density at radius 3 is 2.18 bits per heavy atom. The third kappa shape index (κ3) is 2.05. The summed E-state index contributed by atoms with van der Waals surface area (Å²) in [4.78, 5) is 10.7. The number of carbonyl (C=O) groups excluding carboxylic acids is 1. The van der Waals surface area contributed by atoms with Gasteiger partial charge in [0.15, 0.2) is 0 Å². The van der Waals surface area contributed by atoms with E-state index in [1.807, 2.05) is 0 Å². The molecule has 0 amide bonds. The first-order valence-corrected chi connectivity index (χ1v) is 4.71. The molecule has 1 fully saturated rings. The Kier molecular flexibility index (Phi) is 3.10. The van der Waals surface area contributed by atoms with Crippen molar-refractivity contribution in [2.45, 2.75) is 39.5 Å². The molecule has 1 saturated carbocycles. The summed E-state index contributed by atoms with van der Waals surface area (Å²) in [6.07, 6.45) is 6.40. The molecule has 0 aromatic carbocycles. The van der Waals surface area contributed by atoms with Crippen LogP contribution >= 0.6 is 0 Å². The highest BCUT2D eigenvalue weighted by molar-refractivity contribution is 5.54. The molecule has 0 bridgehead atoms. The van der Waals surface area contributed by atoms with E-state index in [0.29, 0.717) is 17.8 Å². The van der Waals surface area contributed by atoms with Gasteiger partial charge in [0, 0.05) is 5.92 Å². The lowest BCUT2D eigenvalue weighted by Gasteiger charge is -2.20. The molecule has 0 saturated heterocycles. The summed E-state index contributed by atoms with van der Waals surface area (Å²) in [6.45, 7) is 4.30. The minimum absolute atomic E-state index is 0.331. The highest BCUT2D eigenvalue weighted by Gasteiger charge is 2.26. The maximum atomic E-state index is 10.7. The van der Waals surface area contributed by atoms with Crippen LogP contribution in [0, 0.1) is 17.8 Å². The number of hydrogen-bond donors (Lipinski definition) is 0. The summed E-state index contributed by atoms with van der Waals surface area (Å²) in [6, 6.07) is 0. The van der Waals surface area contributed by atoms with E-state index in [1.165, 1.54) is 32.0 Å². The normalized spacial score (nSPS) is 22.5. The Balaban J connectivity index is 2.46. The first-order chi connectivity index (χ1) is 5.25. The third-order valence-electron chi connectivity index (χ3n) is 2.87. The van der Waals surface area contributed by atoms with Crippen molar-refractivity contribution in [3.8, 4) is 0 Å². The highest BCUT2D eigenvalue weighted by atomic mass is 16.1. The second-order valence-electron chi connectivity index (χ2n) is 4.00. The molecular weight excluding hydrogens is 136 g/mol. The molecule has 1 atom stereocenters. The summed E-state index contributed by atoms with van der Waals surface area (Å²) in [7, 11) is 0. The summed E-state index contributed by atoms with van der Waals surface area (Å²) in [5, 5.41) is 0. The molecule has 0 aromatic rings. The Morgan fingerprint density at radius 2 is 1.82 bits per heavy atom. The van der Waals surface area contributed by atoms with E-state index in [1.54, 1.807) is 0 Å². The fourth-order valence-electron chi connectivity index (χ4n) is 2.15. The van der Waals surface area contributed by atoms with Crippen LogP contribution in [0.5, 0.6) is 0 Å². The van der Waals surface area contributed by atoms with Crippen LogP contribution in [-0.4, -0.2) is 6.29 Å². The van der Waals surface area contributed by atoms with Gasteiger partial charge < -0.3 is 4.79 Å². The Hall–Kier alpha value is -0.330. The third-order valence-corrected chi connectivity index (χ3v) is 2.87. The monoisotopic (exact) mass is 154 g/mol. The number of hydrogen-bond acceptors (Lipinski definition) is 1. The van der Waals surface area contributed by atoms with Gasteiger partial charge in [-0.15, -0.1) is 0 Å². The van der Waals surface area contributed by atoms with Gasteiger partial charge >= 0.3 is 0 Å². The number of aldehydes is 1. The van der Waals surface area contributed by atoms with Crippen molar-refractivity contribution >= 4 is 6.29 Å². The molecule has 0 spiro atoms. The average molecular weight is 154 g/mol. The molecule has 1 aliphatic carbocycles. The Bertz CT molecular complexity index is 123. The maximum absolute atomic E-state index is 10.7. The minimum Gasteiger partial charge on any atom is -0.303 e. The predicted molar refractivity (Wildman–Crippen MR) is 46.4 cm³/mol. The van der Waals surface area contributed by atoms with Crippen LogP contribution in [0.2, 0.25) is 0 Å². The second-order valence-corrected chi connectivity index (χ2v) is 4.00. The molecule has 0 aromatic heterocycles. The average Bonchev–Trinajstić information content (AvgIpc) is 2.40. The summed E-state index contributed by atoms with van der Waals surface area (Å²) in [5.41, 5.74) is 0. The second kappa shape index (κ2) is 3.89. The van der Waals surface area contributed by atoms with Crippen LogP contribution in [0.1, 0.15) is 39.5 Å². The summed E-state index contributed by atoms with van der Waals surface area (Å²) >= 11 is 0. The van der Waals surface area contributed by atoms with Crippen LogP contribution in [0.15, 0.2) is 0 Å². The molecule has 1 rings (SSSR count). The van der Waals surface area contributed by atoms with Crippen LogP contribution in [0.25, 0.3) is 0 Å². The lowest BCUT2D eigenvalue weighted by Crippen LogP contribution is -2.19. The zero-order valence-electron chi connectivity index (χ0n) is 7.55. The van der Waals surface area contributed by atoms with Crippen LogP contribution in [0.4, 0.5) is 0 Å². The van der Waals surface area contributed by atoms with Gasteiger partial charge in [0.25, 0.3) is 0 Å². The fraction of sp³-hybridized carbons (Fsp3) is 0.900. The van der Waals surface area contributed by atoms with Crippen LogP contribution < -0.4 is 0 Å². The zero-order chi connectivity index (χ0) is 8.27. The van der Waals surface area contributed by atoms with Crippen molar-refractivity contribution in [3.05, 3.63) is 0 Å². The van der Waals surface area contributed by atoms with E-state index in [2.05, 4.69) is 13.8 Å². The lowest BCUT2D eigenvalue weighted by molar-refractivity contribution is -0.113. The molecule has 0 N–H and O–H groups in total. The molecule has 11 heavy (non-hydrogen) atoms. The summed E-state index contributed by atoms with van der Waals surface area (Å²) in [5.74, 6) is 1.57. The van der Waals surface area contributed by atoms with Gasteiger partial charge in [0.1, 0.15) is 6.29 Å². The van der Waals surface area contributed by atoms with Gasteiger partial charge in [0.2, 0.25) is 0 Å². The smallest absolute Gasteiger partial charge is 0.123 e. The van der Waals surface area contributed by atoms with Crippen molar-refractivity contribution in [2.24, 2.45) is 17.8 Å². The molecular formula is C10H18O. The van der Waals surface area contributed by atoms with Gasteiger partial charge in [-0.05, 0) is 24.7 Å². The van der Waals surface area contributed by atoms with Crippen molar-refractivity contribution in [2.75, 3.05) is 0 Å². The van der Waals surface area contributed by atoms with E-state index < -0.39 is 0 Å². The van der Waals surface area contributed by atoms with Crippen molar-refractivity contribution in [1.82, 2.24) is 0 Å². The maximum Gasteiger partial charge on any atom is 0.123 e. The van der Waals surface area contributed by atoms with E-state index in [9.17, 15) is 4.79 Å². The van der Waals surface area contributed by atoms with Gasteiger partial charge in [-0.3, -0.25) is 0 Å². The van der Waals surface area contributed by atoms with Gasteiger partial charge in [-0.1, -0.05) is 26.7 Å². The molecule has 1 aliphatic rings. The van der Waals surface area contributed by atoms with Crippen LogP contribution in [-0.2, 0) is 4.79 Å². The first-order valence-electron chi connectivity index (χ1n) is 4.71. The quantitative estimate of drug-likeness (QED) is 0.571. The van der Waals surface area contributed by atoms with Gasteiger partial charge in [0.05, 0.1) is 0 Å². The topological polar surface area (TPSA) is 17.1 Å². The molecule has 64 valence electrons. The minimum atomic E-state index is 0.331. The SMILES string of the molecule is CC(C)C(C=O)C1CCCC1. The van der Waals surface area contributed by atoms with Crippen molar-refractivity contribution < 1.29 is 4.79 Å². The van der Waals surface area contributed by atoms with Crippen molar-refractivity contribution in [3.63, 3.8) is 0 Å². The lowest BCUT2D eigenvalue weighted by atomic mass is 9.83. The van der Waals surface area contributed by atoms with Gasteiger partial charge in [-0.2, -0.15) is 0 Å². The van der Waals surface area contributed by atoms with E-state index >= 15 is 0 Å². The van der Waals surface area contributed by atoms with Crippen molar-refractivity contribution in [1.29, 1.82) is 0 Å². The highest BCUT2D eigenvalue weighted by Crippen LogP contribution is 2.33. The molecule has 0 heterocycles. The van der Waals surface area contributed by atoms with E-state index in [-0.39, 0.29) is 0 Å². The first kappa shape index (κ1) is 8.76. The zero-order valence-corrected chi connectivity index (χ0v) is 7.55. The Morgan fingerprint density at radius 1 is 1.27 bits per heavy atom. The van der Waals surface area contributed by atoms with E-state index in [4.69, 9.17) is 0 Å². The number of carbonyl (C=O) groups is 1. The Labute approximate surface area is 69.2 Å². The van der Waals surface area contributed by atoms with E-state index in [0.717, 1.165) is 0 Å². The van der Waals surface area contributed by atoms with Crippen LogP contribution in [0.3, 0.4) is 0 Å². The predicted octanol–water partition coefficient (Wildman–Crippen LogP) is 2.65. The molecule has 0 aliphatic heterocycles. The fourth-order valence-corrected chi connectivity index (χ4v) is 2.15. The number of rotatable bonds is 3. The van der Waals surface area contributed by atoms with Gasteiger partial charge in [-0.25, -0.2) is 0 Å². The molecule has 0 radical (unpaired) electrons. The molecule has 1 unspecified atom stereocenters. The molecule has 1 nitrogen and oxygen atoms in total. The molecule has 1 heteroatoms.